The van der Waals surface area contributed by atoms with Crippen LogP contribution in [0.25, 0.3) is 11.2 Å². The Bertz CT molecular complexity index is 1320. The average molecular weight is 544 g/mol. The second kappa shape index (κ2) is 8.88. The highest BCUT2D eigenvalue weighted by atomic mass is 79.9. The third-order valence-electron chi connectivity index (χ3n) is 5.11. The minimum Gasteiger partial charge on any atom is -0.387 e. The van der Waals surface area contributed by atoms with Crippen molar-refractivity contribution in [3.05, 3.63) is 45.4 Å². The van der Waals surface area contributed by atoms with Gasteiger partial charge in [0.05, 0.1) is 20.6 Å². The first-order valence-corrected chi connectivity index (χ1v) is 11.7. The smallest absolute Gasteiger partial charge is 0.284 e. The Balaban J connectivity index is 1.53. The number of hydrogen-bond acceptors (Lipinski definition) is 11. The molecule has 1 aliphatic heterocycles. The standard InChI is InChI=1S/C17H18BrN7O7S/c1-19-15-12-16(21-6-20-15)24(7-22-12)17-14(27)13(26)11(32-17)5-23-33(30,31)8-2-3-9(18)10(4-8)25(28)29/h2-4,6-7,11,13-14,17,23,26-27H,5H2,1H3,(H,19,20,21)/t11-,13-,14-,17-/m1/s1. The van der Waals surface area contributed by atoms with Crippen LogP contribution in [0.1, 0.15) is 6.23 Å². The third kappa shape index (κ3) is 4.28. The van der Waals surface area contributed by atoms with Gasteiger partial charge in [-0.3, -0.25) is 14.7 Å². The lowest BCUT2D eigenvalue weighted by Crippen LogP contribution is -2.39. The lowest BCUT2D eigenvalue weighted by Gasteiger charge is -2.16. The topological polar surface area (TPSA) is 195 Å². The molecule has 4 N–H and O–H groups in total. The van der Waals surface area contributed by atoms with E-state index < -0.39 is 51.7 Å². The first kappa shape index (κ1) is 23.4. The number of fused-ring (bicyclic) bond motifs is 1. The van der Waals surface area contributed by atoms with E-state index in [9.17, 15) is 28.7 Å². The molecule has 4 rings (SSSR count). The first-order valence-electron chi connectivity index (χ1n) is 9.44. The molecule has 0 unspecified atom stereocenters. The van der Waals surface area contributed by atoms with Crippen LogP contribution in [-0.4, -0.2) is 75.0 Å². The Hall–Kier alpha value is -2.76. The van der Waals surface area contributed by atoms with Crippen LogP contribution in [0.5, 0.6) is 0 Å². The van der Waals surface area contributed by atoms with E-state index in [-0.39, 0.29) is 9.37 Å². The van der Waals surface area contributed by atoms with Gasteiger partial charge in [-0.2, -0.15) is 0 Å². The Kier molecular flexibility index (Phi) is 6.30. The molecule has 4 atom stereocenters. The number of benzene rings is 1. The zero-order chi connectivity index (χ0) is 23.9. The predicted octanol–water partition coefficient (Wildman–Crippen LogP) is 0.136. The number of nitro benzene ring substituents is 1. The second-order valence-electron chi connectivity index (χ2n) is 7.06. The molecule has 33 heavy (non-hydrogen) atoms. The van der Waals surface area contributed by atoms with Crippen molar-refractivity contribution in [1.82, 2.24) is 24.2 Å². The van der Waals surface area contributed by atoms with E-state index in [1.165, 1.54) is 29.4 Å². The lowest BCUT2D eigenvalue weighted by molar-refractivity contribution is -0.385. The SMILES string of the molecule is CNc1ncnc2c1ncn2[C@@H]1O[C@H](CNS(=O)(=O)c2ccc(Br)c([N+](=O)[O-])c2)[C@@H](O)[C@H]1O. The molecule has 0 saturated carbocycles. The molecule has 14 nitrogen and oxygen atoms in total. The van der Waals surface area contributed by atoms with E-state index in [0.717, 1.165) is 6.07 Å². The molecule has 0 aliphatic carbocycles. The maximum absolute atomic E-state index is 12.6. The van der Waals surface area contributed by atoms with E-state index >= 15 is 0 Å². The van der Waals surface area contributed by atoms with Crippen molar-refractivity contribution >= 4 is 48.6 Å². The fourth-order valence-electron chi connectivity index (χ4n) is 3.42. The third-order valence-corrected chi connectivity index (χ3v) is 7.20. The van der Waals surface area contributed by atoms with Crippen molar-refractivity contribution in [2.24, 2.45) is 0 Å². The van der Waals surface area contributed by atoms with Gasteiger partial charge in [0.1, 0.15) is 30.2 Å². The fourth-order valence-corrected chi connectivity index (χ4v) is 4.88. The number of sulfonamides is 1. The van der Waals surface area contributed by atoms with E-state index in [2.05, 4.69) is 40.9 Å². The summed E-state index contributed by atoms with van der Waals surface area (Å²) in [6.07, 6.45) is -2.37. The van der Waals surface area contributed by atoms with Gasteiger partial charge in [0.2, 0.25) is 10.0 Å². The van der Waals surface area contributed by atoms with Gasteiger partial charge in [0, 0.05) is 19.7 Å². The van der Waals surface area contributed by atoms with Crippen molar-refractivity contribution in [3.8, 4) is 0 Å². The second-order valence-corrected chi connectivity index (χ2v) is 9.69. The predicted molar refractivity (Wildman–Crippen MR) is 117 cm³/mol. The summed E-state index contributed by atoms with van der Waals surface area (Å²) in [4.78, 5) is 22.4. The first-order chi connectivity index (χ1) is 15.6. The van der Waals surface area contributed by atoms with Gasteiger partial charge in [-0.1, -0.05) is 0 Å². The molecule has 16 heteroatoms. The molecule has 176 valence electrons. The number of rotatable bonds is 7. The monoisotopic (exact) mass is 543 g/mol. The van der Waals surface area contributed by atoms with Crippen molar-refractivity contribution in [3.63, 3.8) is 0 Å². The summed E-state index contributed by atoms with van der Waals surface area (Å²) in [6, 6.07) is 3.35. The molecule has 0 bridgehead atoms. The highest BCUT2D eigenvalue weighted by Gasteiger charge is 2.44. The van der Waals surface area contributed by atoms with Crippen LogP contribution in [0.2, 0.25) is 0 Å². The molecule has 1 saturated heterocycles. The summed E-state index contributed by atoms with van der Waals surface area (Å²) in [7, 11) is -2.51. The van der Waals surface area contributed by atoms with E-state index in [0.29, 0.717) is 17.0 Å². The molecule has 3 heterocycles. The number of nitrogens with zero attached hydrogens (tertiary/aromatic N) is 5. The molecule has 1 aliphatic rings. The van der Waals surface area contributed by atoms with Crippen LogP contribution >= 0.6 is 15.9 Å². The van der Waals surface area contributed by atoms with Crippen LogP contribution in [0.3, 0.4) is 0 Å². The number of imidazole rings is 1. The zero-order valence-electron chi connectivity index (χ0n) is 16.9. The van der Waals surface area contributed by atoms with Crippen LogP contribution in [0, 0.1) is 10.1 Å². The number of aliphatic hydroxyl groups is 2. The molecule has 0 amide bonds. The molecule has 0 radical (unpaired) electrons. The summed E-state index contributed by atoms with van der Waals surface area (Å²) in [5.41, 5.74) is 0.348. The van der Waals surface area contributed by atoms with E-state index in [1.54, 1.807) is 7.05 Å². The minimum absolute atomic E-state index is 0.129. The summed E-state index contributed by atoms with van der Waals surface area (Å²) >= 11 is 3.00. The maximum Gasteiger partial charge on any atom is 0.284 e. The number of aliphatic hydroxyl groups excluding tert-OH is 2. The molecule has 1 fully saturated rings. The quantitative estimate of drug-likeness (QED) is 0.233. The van der Waals surface area contributed by atoms with Gasteiger partial charge in [-0.15, -0.1) is 0 Å². The molecule has 1 aromatic carbocycles. The van der Waals surface area contributed by atoms with Gasteiger partial charge in [0.25, 0.3) is 5.69 Å². The molecular formula is C17H18BrN7O7S. The van der Waals surface area contributed by atoms with Gasteiger partial charge < -0.3 is 20.3 Å². The number of nitrogens with one attached hydrogen (secondary N) is 2. The molecule has 0 spiro atoms. The Morgan fingerprint density at radius 3 is 2.73 bits per heavy atom. The largest absolute Gasteiger partial charge is 0.387 e. The number of halogens is 1. The van der Waals surface area contributed by atoms with Gasteiger partial charge in [0.15, 0.2) is 17.7 Å². The van der Waals surface area contributed by atoms with E-state index in [1.807, 2.05) is 0 Å². The van der Waals surface area contributed by atoms with Crippen molar-refractivity contribution in [2.45, 2.75) is 29.4 Å². The molecular weight excluding hydrogens is 526 g/mol. The summed E-state index contributed by atoms with van der Waals surface area (Å²) < 4.78 is 34.8. The van der Waals surface area contributed by atoms with Crippen molar-refractivity contribution in [1.29, 1.82) is 0 Å². The highest BCUT2D eigenvalue weighted by Crippen LogP contribution is 2.32. The van der Waals surface area contributed by atoms with Crippen LogP contribution in [0.15, 0.2) is 40.2 Å². The van der Waals surface area contributed by atoms with Crippen molar-refractivity contribution < 1.29 is 28.3 Å². The van der Waals surface area contributed by atoms with E-state index in [4.69, 9.17) is 4.74 Å². The van der Waals surface area contributed by atoms with Crippen LogP contribution in [0.4, 0.5) is 11.5 Å². The highest BCUT2D eigenvalue weighted by molar-refractivity contribution is 9.10. The number of nitro groups is 1. The minimum atomic E-state index is -4.17. The summed E-state index contributed by atoms with van der Waals surface area (Å²) in [6.45, 7) is -0.399. The normalized spacial score (nSPS) is 23.2. The number of hydrogen-bond donors (Lipinski definition) is 4. The Morgan fingerprint density at radius 1 is 1.27 bits per heavy atom. The number of ether oxygens (including phenoxy) is 1. The number of anilines is 1. The Morgan fingerprint density at radius 2 is 2.03 bits per heavy atom. The van der Waals surface area contributed by atoms with Crippen LogP contribution < -0.4 is 10.0 Å². The van der Waals surface area contributed by atoms with Gasteiger partial charge >= 0.3 is 0 Å². The Labute approximate surface area is 195 Å². The van der Waals surface area contributed by atoms with Gasteiger partial charge in [-0.05, 0) is 28.1 Å². The van der Waals surface area contributed by atoms with Gasteiger partial charge in [-0.25, -0.2) is 28.1 Å². The van der Waals surface area contributed by atoms with Crippen LogP contribution in [-0.2, 0) is 14.8 Å². The maximum atomic E-state index is 12.6. The fraction of sp³-hybridized carbons (Fsp3) is 0.353. The molecule has 3 aromatic rings. The summed E-state index contributed by atoms with van der Waals surface area (Å²) in [5, 5.41) is 34.9. The number of aromatic nitrogens is 4. The lowest BCUT2D eigenvalue weighted by atomic mass is 10.1. The van der Waals surface area contributed by atoms with Crippen molar-refractivity contribution in [2.75, 3.05) is 18.9 Å². The summed E-state index contributed by atoms with van der Waals surface area (Å²) in [5.74, 6) is 0.458. The molecule has 2 aromatic heterocycles. The average Bonchev–Trinajstić information content (AvgIpc) is 3.33. The zero-order valence-corrected chi connectivity index (χ0v) is 19.3.